The van der Waals surface area contributed by atoms with Gasteiger partial charge in [-0.25, -0.2) is 0 Å². The predicted octanol–water partition coefficient (Wildman–Crippen LogP) is 2.16. The summed E-state index contributed by atoms with van der Waals surface area (Å²) in [5, 5.41) is 6.32. The van der Waals surface area contributed by atoms with Crippen LogP contribution in [0.5, 0.6) is 0 Å². The minimum absolute atomic E-state index is 0.114. The van der Waals surface area contributed by atoms with Crippen molar-refractivity contribution in [2.45, 2.75) is 26.4 Å². The van der Waals surface area contributed by atoms with Crippen LogP contribution in [0.1, 0.15) is 25.3 Å². The molecule has 0 bridgehead atoms. The minimum atomic E-state index is -0.261. The number of hydrogen-bond donors (Lipinski definition) is 2. The van der Waals surface area contributed by atoms with E-state index in [1.165, 1.54) is 0 Å². The third-order valence-corrected chi connectivity index (χ3v) is 3.75. The summed E-state index contributed by atoms with van der Waals surface area (Å²) in [6.07, 6.45) is 1.77. The van der Waals surface area contributed by atoms with Crippen molar-refractivity contribution in [1.29, 1.82) is 0 Å². The summed E-state index contributed by atoms with van der Waals surface area (Å²) >= 11 is 0. The van der Waals surface area contributed by atoms with Crippen molar-refractivity contribution in [3.8, 4) is 0 Å². The monoisotopic (exact) mass is 262 g/mol. The van der Waals surface area contributed by atoms with Gasteiger partial charge in [0.2, 0.25) is 5.91 Å². The van der Waals surface area contributed by atoms with Crippen LogP contribution < -0.4 is 10.6 Å². The Labute approximate surface area is 114 Å². The maximum atomic E-state index is 12.4. The van der Waals surface area contributed by atoms with E-state index in [2.05, 4.69) is 10.6 Å². The van der Waals surface area contributed by atoms with Crippen LogP contribution in [0.25, 0.3) is 0 Å². The molecule has 1 aliphatic rings. The maximum absolute atomic E-state index is 12.4. The highest BCUT2D eigenvalue weighted by atomic mass is 16.5. The number of nitrogens with one attached hydrogen (secondary N) is 2. The lowest BCUT2D eigenvalue weighted by Gasteiger charge is -2.32. The first-order valence-corrected chi connectivity index (χ1v) is 6.74. The SMILES string of the molecule is COCc1cccc(NC(=O)C2(C)CCNCC2)c1. The van der Waals surface area contributed by atoms with E-state index >= 15 is 0 Å². The number of benzene rings is 1. The molecule has 1 aromatic carbocycles. The standard InChI is InChI=1S/C15H22N2O2/c1-15(6-8-16-9-7-15)14(18)17-13-5-3-4-12(10-13)11-19-2/h3-5,10,16H,6-9,11H2,1-2H3,(H,17,18). The molecule has 1 amide bonds. The number of carbonyl (C=O) groups is 1. The normalized spacial score (nSPS) is 18.0. The van der Waals surface area contributed by atoms with E-state index in [0.717, 1.165) is 37.2 Å². The molecule has 104 valence electrons. The van der Waals surface area contributed by atoms with E-state index in [9.17, 15) is 4.79 Å². The average Bonchev–Trinajstić information content (AvgIpc) is 2.40. The van der Waals surface area contributed by atoms with Gasteiger partial charge in [0.15, 0.2) is 0 Å². The van der Waals surface area contributed by atoms with Gasteiger partial charge in [-0.3, -0.25) is 4.79 Å². The van der Waals surface area contributed by atoms with Gasteiger partial charge in [0.25, 0.3) is 0 Å². The minimum Gasteiger partial charge on any atom is -0.380 e. The van der Waals surface area contributed by atoms with Crippen molar-refractivity contribution in [2.75, 3.05) is 25.5 Å². The number of methoxy groups -OCH3 is 1. The number of piperidine rings is 1. The molecule has 0 aliphatic carbocycles. The van der Waals surface area contributed by atoms with E-state index in [1.54, 1.807) is 7.11 Å². The Morgan fingerprint density at radius 2 is 2.16 bits per heavy atom. The Hall–Kier alpha value is -1.39. The summed E-state index contributed by atoms with van der Waals surface area (Å²) in [5.74, 6) is 0.114. The Balaban J connectivity index is 2.03. The average molecular weight is 262 g/mol. The van der Waals surface area contributed by atoms with Crippen LogP contribution in [-0.2, 0) is 16.1 Å². The second kappa shape index (κ2) is 6.17. The fourth-order valence-corrected chi connectivity index (χ4v) is 2.39. The largest absolute Gasteiger partial charge is 0.380 e. The molecular weight excluding hydrogens is 240 g/mol. The Bertz CT molecular complexity index is 440. The van der Waals surface area contributed by atoms with Crippen LogP contribution >= 0.6 is 0 Å². The predicted molar refractivity (Wildman–Crippen MR) is 76.0 cm³/mol. The van der Waals surface area contributed by atoms with Gasteiger partial charge in [-0.15, -0.1) is 0 Å². The molecule has 1 aliphatic heterocycles. The highest BCUT2D eigenvalue weighted by molar-refractivity contribution is 5.95. The summed E-state index contributed by atoms with van der Waals surface area (Å²) in [6.45, 7) is 4.42. The van der Waals surface area contributed by atoms with E-state index in [0.29, 0.717) is 6.61 Å². The molecule has 0 saturated carbocycles. The number of ether oxygens (including phenoxy) is 1. The second-order valence-corrected chi connectivity index (χ2v) is 5.40. The molecule has 1 saturated heterocycles. The third kappa shape index (κ3) is 3.55. The highest BCUT2D eigenvalue weighted by Crippen LogP contribution is 2.29. The Morgan fingerprint density at radius 1 is 1.42 bits per heavy atom. The topological polar surface area (TPSA) is 50.4 Å². The first kappa shape index (κ1) is 14.0. The number of rotatable bonds is 4. The quantitative estimate of drug-likeness (QED) is 0.874. The van der Waals surface area contributed by atoms with Crippen molar-refractivity contribution in [2.24, 2.45) is 5.41 Å². The van der Waals surface area contributed by atoms with Crippen molar-refractivity contribution in [1.82, 2.24) is 5.32 Å². The van der Waals surface area contributed by atoms with E-state index in [-0.39, 0.29) is 11.3 Å². The van der Waals surface area contributed by atoms with Gasteiger partial charge in [0.05, 0.1) is 6.61 Å². The summed E-state index contributed by atoms with van der Waals surface area (Å²) in [7, 11) is 1.67. The van der Waals surface area contributed by atoms with Crippen LogP contribution in [-0.4, -0.2) is 26.1 Å². The molecule has 2 N–H and O–H groups in total. The first-order chi connectivity index (χ1) is 9.14. The summed E-state index contributed by atoms with van der Waals surface area (Å²) in [6, 6.07) is 7.81. The molecule has 2 rings (SSSR count). The third-order valence-electron chi connectivity index (χ3n) is 3.75. The van der Waals surface area contributed by atoms with Gasteiger partial charge in [0, 0.05) is 18.2 Å². The lowest BCUT2D eigenvalue weighted by atomic mass is 9.80. The molecule has 1 heterocycles. The van der Waals surface area contributed by atoms with Crippen LogP contribution in [0.4, 0.5) is 5.69 Å². The zero-order valence-corrected chi connectivity index (χ0v) is 11.7. The van der Waals surface area contributed by atoms with Crippen molar-refractivity contribution >= 4 is 11.6 Å². The van der Waals surface area contributed by atoms with E-state index in [1.807, 2.05) is 31.2 Å². The summed E-state index contributed by atoms with van der Waals surface area (Å²) in [5.41, 5.74) is 1.65. The van der Waals surface area contributed by atoms with Crippen molar-refractivity contribution in [3.63, 3.8) is 0 Å². The Morgan fingerprint density at radius 3 is 2.84 bits per heavy atom. The van der Waals surface area contributed by atoms with Gasteiger partial charge in [-0.1, -0.05) is 19.1 Å². The highest BCUT2D eigenvalue weighted by Gasteiger charge is 2.34. The van der Waals surface area contributed by atoms with Gasteiger partial charge >= 0.3 is 0 Å². The molecule has 0 atom stereocenters. The molecule has 0 spiro atoms. The Kier molecular flexibility index (Phi) is 4.56. The van der Waals surface area contributed by atoms with E-state index < -0.39 is 0 Å². The van der Waals surface area contributed by atoms with Gasteiger partial charge in [-0.05, 0) is 43.6 Å². The van der Waals surface area contributed by atoms with Crippen LogP contribution in [0.2, 0.25) is 0 Å². The molecule has 4 nitrogen and oxygen atoms in total. The first-order valence-electron chi connectivity index (χ1n) is 6.74. The molecule has 1 fully saturated rings. The molecule has 4 heteroatoms. The lowest BCUT2D eigenvalue weighted by molar-refractivity contribution is -0.126. The zero-order valence-electron chi connectivity index (χ0n) is 11.7. The molecule has 0 radical (unpaired) electrons. The van der Waals surface area contributed by atoms with Crippen LogP contribution in [0, 0.1) is 5.41 Å². The van der Waals surface area contributed by atoms with Crippen LogP contribution in [0.15, 0.2) is 24.3 Å². The smallest absolute Gasteiger partial charge is 0.230 e. The van der Waals surface area contributed by atoms with Crippen molar-refractivity contribution in [3.05, 3.63) is 29.8 Å². The fourth-order valence-electron chi connectivity index (χ4n) is 2.39. The van der Waals surface area contributed by atoms with Gasteiger partial charge in [-0.2, -0.15) is 0 Å². The lowest BCUT2D eigenvalue weighted by Crippen LogP contribution is -2.42. The van der Waals surface area contributed by atoms with Gasteiger partial charge in [0.1, 0.15) is 0 Å². The number of amides is 1. The number of hydrogen-bond acceptors (Lipinski definition) is 3. The number of carbonyl (C=O) groups excluding carboxylic acids is 1. The van der Waals surface area contributed by atoms with Crippen molar-refractivity contribution < 1.29 is 9.53 Å². The number of anilines is 1. The summed E-state index contributed by atoms with van der Waals surface area (Å²) in [4.78, 5) is 12.4. The molecular formula is C15H22N2O2. The van der Waals surface area contributed by atoms with Gasteiger partial charge < -0.3 is 15.4 Å². The maximum Gasteiger partial charge on any atom is 0.230 e. The molecule has 0 unspecified atom stereocenters. The fraction of sp³-hybridized carbons (Fsp3) is 0.533. The van der Waals surface area contributed by atoms with Crippen LogP contribution in [0.3, 0.4) is 0 Å². The summed E-state index contributed by atoms with van der Waals surface area (Å²) < 4.78 is 5.10. The molecule has 1 aromatic rings. The zero-order chi connectivity index (χ0) is 13.7. The molecule has 19 heavy (non-hydrogen) atoms. The molecule has 0 aromatic heterocycles. The second-order valence-electron chi connectivity index (χ2n) is 5.40. The van der Waals surface area contributed by atoms with E-state index in [4.69, 9.17) is 4.74 Å².